The Morgan fingerprint density at radius 3 is 2.54 bits per heavy atom. The van der Waals surface area contributed by atoms with Crippen molar-refractivity contribution >= 4 is 17.5 Å². The molecule has 0 radical (unpaired) electrons. The molecule has 1 aliphatic heterocycles. The van der Waals surface area contributed by atoms with Gasteiger partial charge in [0, 0.05) is 11.1 Å². The van der Waals surface area contributed by atoms with Gasteiger partial charge in [-0.2, -0.15) is 0 Å². The highest BCUT2D eigenvalue weighted by molar-refractivity contribution is 6.30. The summed E-state index contributed by atoms with van der Waals surface area (Å²) in [6.07, 6.45) is -1.27. The summed E-state index contributed by atoms with van der Waals surface area (Å²) in [4.78, 5) is 13.9. The minimum absolute atomic E-state index is 0.0847. The summed E-state index contributed by atoms with van der Waals surface area (Å²) in [6.45, 7) is 0.890. The van der Waals surface area contributed by atoms with E-state index in [1.165, 1.54) is 0 Å². The van der Waals surface area contributed by atoms with E-state index in [9.17, 15) is 9.90 Å². The number of hydrogen-bond acceptors (Lipinski definition) is 4. The Kier molecular flexibility index (Phi) is 4.92. The standard InChI is InChI=1S/C18H18ClNO4/c1-23-14-3-2-4-15(9-14)24-16-10-20(11-16)18(22)17(21)12-5-7-13(19)8-6-12/h2-9,16-17,21H,10-11H2,1H3/t17-/m1/s1. The topological polar surface area (TPSA) is 59.0 Å². The van der Waals surface area contributed by atoms with Crippen LogP contribution in [0, 0.1) is 0 Å². The fourth-order valence-corrected chi connectivity index (χ4v) is 2.65. The molecule has 1 fully saturated rings. The molecule has 1 amide bonds. The van der Waals surface area contributed by atoms with Crippen LogP contribution >= 0.6 is 11.6 Å². The molecule has 2 aromatic rings. The number of hydrogen-bond donors (Lipinski definition) is 1. The first-order valence-corrected chi connectivity index (χ1v) is 7.97. The molecule has 0 unspecified atom stereocenters. The van der Waals surface area contributed by atoms with Crippen LogP contribution in [0.15, 0.2) is 48.5 Å². The summed E-state index contributed by atoms with van der Waals surface area (Å²) in [5, 5.41) is 10.7. The summed E-state index contributed by atoms with van der Waals surface area (Å²) < 4.78 is 11.0. The van der Waals surface area contributed by atoms with Gasteiger partial charge in [-0.3, -0.25) is 4.79 Å². The number of carbonyl (C=O) groups excluding carboxylic acids is 1. The lowest BCUT2D eigenvalue weighted by Crippen LogP contribution is -2.57. The van der Waals surface area contributed by atoms with Gasteiger partial charge in [-0.1, -0.05) is 29.8 Å². The van der Waals surface area contributed by atoms with Crippen molar-refractivity contribution in [3.05, 3.63) is 59.1 Å². The van der Waals surface area contributed by atoms with Crippen LogP contribution in [0.1, 0.15) is 11.7 Å². The molecule has 1 heterocycles. The first kappa shape index (κ1) is 16.6. The van der Waals surface area contributed by atoms with Crippen molar-refractivity contribution in [3.63, 3.8) is 0 Å². The molecule has 0 spiro atoms. The molecule has 5 nitrogen and oxygen atoms in total. The number of methoxy groups -OCH3 is 1. The van der Waals surface area contributed by atoms with Gasteiger partial charge in [-0.15, -0.1) is 0 Å². The highest BCUT2D eigenvalue weighted by atomic mass is 35.5. The molecule has 1 atom stereocenters. The van der Waals surface area contributed by atoms with E-state index in [1.807, 2.05) is 18.2 Å². The second kappa shape index (κ2) is 7.11. The van der Waals surface area contributed by atoms with Gasteiger partial charge in [0.05, 0.1) is 20.2 Å². The van der Waals surface area contributed by atoms with E-state index >= 15 is 0 Å². The number of halogens is 1. The maximum Gasteiger partial charge on any atom is 0.256 e. The molecule has 0 aromatic heterocycles. The second-order valence-corrected chi connectivity index (χ2v) is 6.05. The number of aliphatic hydroxyl groups is 1. The normalized spacial score (nSPS) is 15.5. The monoisotopic (exact) mass is 347 g/mol. The number of ether oxygens (including phenoxy) is 2. The Labute approximate surface area is 145 Å². The molecule has 0 aliphatic carbocycles. The Morgan fingerprint density at radius 1 is 1.21 bits per heavy atom. The third-order valence-corrected chi connectivity index (χ3v) is 4.18. The van der Waals surface area contributed by atoms with Crippen molar-refractivity contribution in [2.24, 2.45) is 0 Å². The Bertz CT molecular complexity index is 713. The minimum atomic E-state index is -1.18. The van der Waals surface area contributed by atoms with E-state index in [2.05, 4.69) is 0 Å². The van der Waals surface area contributed by atoms with Crippen molar-refractivity contribution in [2.45, 2.75) is 12.2 Å². The van der Waals surface area contributed by atoms with Gasteiger partial charge in [-0.25, -0.2) is 0 Å². The van der Waals surface area contributed by atoms with E-state index < -0.39 is 6.10 Å². The quantitative estimate of drug-likeness (QED) is 0.903. The molecule has 24 heavy (non-hydrogen) atoms. The molecule has 1 N–H and O–H groups in total. The van der Waals surface area contributed by atoms with Gasteiger partial charge in [0.25, 0.3) is 5.91 Å². The zero-order chi connectivity index (χ0) is 17.1. The minimum Gasteiger partial charge on any atom is -0.497 e. The SMILES string of the molecule is COc1cccc(OC2CN(C(=O)[C@H](O)c3ccc(Cl)cc3)C2)c1. The second-order valence-electron chi connectivity index (χ2n) is 5.62. The first-order valence-electron chi connectivity index (χ1n) is 7.60. The molecule has 0 bridgehead atoms. The van der Waals surface area contributed by atoms with Gasteiger partial charge < -0.3 is 19.5 Å². The molecule has 2 aromatic carbocycles. The summed E-state index contributed by atoms with van der Waals surface area (Å²) in [5.41, 5.74) is 0.529. The fraction of sp³-hybridized carbons (Fsp3) is 0.278. The number of amides is 1. The van der Waals surface area contributed by atoms with Crippen LogP contribution in [0.3, 0.4) is 0 Å². The van der Waals surface area contributed by atoms with Crippen molar-refractivity contribution < 1.29 is 19.4 Å². The molecule has 6 heteroatoms. The number of nitrogens with zero attached hydrogens (tertiary/aromatic N) is 1. The summed E-state index contributed by atoms with van der Waals surface area (Å²) in [5.74, 6) is 1.09. The van der Waals surface area contributed by atoms with Gasteiger partial charge in [0.2, 0.25) is 0 Å². The largest absolute Gasteiger partial charge is 0.497 e. The van der Waals surface area contributed by atoms with Gasteiger partial charge in [-0.05, 0) is 29.8 Å². The zero-order valence-corrected chi connectivity index (χ0v) is 13.9. The van der Waals surface area contributed by atoms with E-state index in [4.69, 9.17) is 21.1 Å². The highest BCUT2D eigenvalue weighted by Crippen LogP contribution is 2.25. The molecular weight excluding hydrogens is 330 g/mol. The molecule has 0 saturated carbocycles. The van der Waals surface area contributed by atoms with E-state index in [0.717, 1.165) is 5.75 Å². The third-order valence-electron chi connectivity index (χ3n) is 3.92. The van der Waals surface area contributed by atoms with E-state index in [0.29, 0.717) is 29.4 Å². The smallest absolute Gasteiger partial charge is 0.256 e. The summed E-state index contributed by atoms with van der Waals surface area (Å²) in [6, 6.07) is 13.9. The number of benzene rings is 2. The van der Waals surface area contributed by atoms with Crippen molar-refractivity contribution in [2.75, 3.05) is 20.2 Å². The van der Waals surface area contributed by atoms with Gasteiger partial charge >= 0.3 is 0 Å². The predicted molar refractivity (Wildman–Crippen MR) is 90.4 cm³/mol. The van der Waals surface area contributed by atoms with E-state index in [-0.39, 0.29) is 12.0 Å². The van der Waals surface area contributed by atoms with Crippen LogP contribution in [-0.2, 0) is 4.79 Å². The molecule has 3 rings (SSSR count). The van der Waals surface area contributed by atoms with Crippen LogP contribution in [0.4, 0.5) is 0 Å². The number of rotatable bonds is 5. The fourth-order valence-electron chi connectivity index (χ4n) is 2.52. The maximum atomic E-state index is 12.3. The summed E-state index contributed by atoms with van der Waals surface area (Å²) >= 11 is 5.81. The highest BCUT2D eigenvalue weighted by Gasteiger charge is 2.35. The lowest BCUT2D eigenvalue weighted by molar-refractivity contribution is -0.149. The van der Waals surface area contributed by atoms with Crippen molar-refractivity contribution in [1.29, 1.82) is 0 Å². The number of carbonyl (C=O) groups is 1. The van der Waals surface area contributed by atoms with Crippen molar-refractivity contribution in [1.82, 2.24) is 4.90 Å². The average molecular weight is 348 g/mol. The van der Waals surface area contributed by atoms with Crippen LogP contribution in [-0.4, -0.2) is 42.2 Å². The first-order chi connectivity index (χ1) is 11.6. The molecule has 126 valence electrons. The number of aliphatic hydroxyl groups excluding tert-OH is 1. The Morgan fingerprint density at radius 2 is 1.88 bits per heavy atom. The van der Waals surface area contributed by atoms with Crippen LogP contribution in [0.2, 0.25) is 5.02 Å². The lowest BCUT2D eigenvalue weighted by Gasteiger charge is -2.40. The van der Waals surface area contributed by atoms with Crippen LogP contribution in [0.5, 0.6) is 11.5 Å². The third kappa shape index (κ3) is 3.63. The lowest BCUT2D eigenvalue weighted by atomic mass is 10.1. The van der Waals surface area contributed by atoms with Gasteiger partial charge in [0.15, 0.2) is 6.10 Å². The van der Waals surface area contributed by atoms with Crippen molar-refractivity contribution in [3.8, 4) is 11.5 Å². The molecular formula is C18H18ClNO4. The van der Waals surface area contributed by atoms with Gasteiger partial charge in [0.1, 0.15) is 17.6 Å². The van der Waals surface area contributed by atoms with Crippen LogP contribution in [0.25, 0.3) is 0 Å². The average Bonchev–Trinajstić information content (AvgIpc) is 2.57. The van der Waals surface area contributed by atoms with E-state index in [1.54, 1.807) is 42.3 Å². The molecule has 1 aliphatic rings. The zero-order valence-electron chi connectivity index (χ0n) is 13.2. The Balaban J connectivity index is 1.53. The molecule has 1 saturated heterocycles. The maximum absolute atomic E-state index is 12.3. The summed E-state index contributed by atoms with van der Waals surface area (Å²) in [7, 11) is 1.60. The predicted octanol–water partition coefficient (Wildman–Crippen LogP) is 2.67. The Hall–Kier alpha value is -2.24. The van der Waals surface area contributed by atoms with Crippen LogP contribution < -0.4 is 9.47 Å². The number of likely N-dealkylation sites (tertiary alicyclic amines) is 1.